The number of para-hydroxylation sites is 3. The Hall–Kier alpha value is -3.95. The summed E-state index contributed by atoms with van der Waals surface area (Å²) < 4.78 is 43.8. The number of esters is 1. The summed E-state index contributed by atoms with van der Waals surface area (Å²) in [6.45, 7) is 11.6. The Morgan fingerprint density at radius 1 is 1.10 bits per heavy atom. The SMILES string of the molecule is CC1COc2ccccc2N1C(=O)C(Cl)Cl.CCOCN(C(=O)CCl)c1c(C)cccc1CC.COC(=O)CSc1cc(/N=c2\sc(=O)n3n2CCCC3)c(F)cc1Cl.CP(=O)(O)CCC(N)C(=O)O. The molecular weight excluding hydrogens is 1060 g/mol. The van der Waals surface area contributed by atoms with Crippen LogP contribution in [0.2, 0.25) is 5.02 Å². The van der Waals surface area contributed by atoms with Crippen molar-refractivity contribution < 1.29 is 52.3 Å². The van der Waals surface area contributed by atoms with Gasteiger partial charge in [-0.2, -0.15) is 0 Å². The number of aryl methyl sites for hydroxylation is 2. The molecule has 0 bridgehead atoms. The van der Waals surface area contributed by atoms with Gasteiger partial charge in [-0.05, 0) is 93.2 Å². The maximum atomic E-state index is 14.3. The summed E-state index contributed by atoms with van der Waals surface area (Å²) in [6, 6.07) is 14.9. The third-order valence-electron chi connectivity index (χ3n) is 10.1. The van der Waals surface area contributed by atoms with Crippen LogP contribution in [0.3, 0.4) is 0 Å². The number of methoxy groups -OCH3 is 1. The summed E-state index contributed by atoms with van der Waals surface area (Å²) in [5.41, 5.74) is 9.02. The molecule has 25 heteroatoms. The second kappa shape index (κ2) is 29.5. The maximum absolute atomic E-state index is 14.3. The van der Waals surface area contributed by atoms with E-state index in [0.717, 1.165) is 70.9 Å². The minimum absolute atomic E-state index is 0.0371. The molecular formula is C45H58Cl4FN6O11PS2. The quantitative estimate of drug-likeness (QED) is 0.0336. The molecule has 2 aliphatic heterocycles. The highest BCUT2D eigenvalue weighted by molar-refractivity contribution is 8.00. The first-order chi connectivity index (χ1) is 33.1. The minimum Gasteiger partial charge on any atom is -0.489 e. The number of nitrogens with zero attached hydrogens (tertiary/aromatic N) is 5. The van der Waals surface area contributed by atoms with E-state index in [-0.39, 0.29) is 64.4 Å². The first kappa shape index (κ1) is 60.4. The Morgan fingerprint density at radius 3 is 2.37 bits per heavy atom. The fourth-order valence-corrected chi connectivity index (χ4v) is 9.68. The van der Waals surface area contributed by atoms with Crippen molar-refractivity contribution in [2.45, 2.75) is 88.3 Å². The first-order valence-electron chi connectivity index (χ1n) is 21.8. The largest absolute Gasteiger partial charge is 0.489 e. The van der Waals surface area contributed by atoms with Crippen LogP contribution < -0.4 is 29.9 Å². The van der Waals surface area contributed by atoms with Gasteiger partial charge in [-0.25, -0.2) is 14.1 Å². The van der Waals surface area contributed by atoms with Gasteiger partial charge in [0.1, 0.15) is 42.5 Å². The highest BCUT2D eigenvalue weighted by Crippen LogP contribution is 2.37. The van der Waals surface area contributed by atoms with Gasteiger partial charge >= 0.3 is 16.8 Å². The average Bonchev–Trinajstić information content (AvgIpc) is 3.65. The highest BCUT2D eigenvalue weighted by Gasteiger charge is 2.32. The lowest BCUT2D eigenvalue weighted by atomic mass is 10.0. The molecule has 0 fully saturated rings. The lowest BCUT2D eigenvalue weighted by Crippen LogP contribution is -2.47. The number of aliphatic carboxylic acids is 1. The van der Waals surface area contributed by atoms with Crippen molar-refractivity contribution in [2.24, 2.45) is 10.7 Å². The zero-order valence-corrected chi connectivity index (χ0v) is 45.0. The van der Waals surface area contributed by atoms with Gasteiger partial charge in [0.25, 0.3) is 5.91 Å². The summed E-state index contributed by atoms with van der Waals surface area (Å²) >= 11 is 25.1. The number of carboxylic acid groups (broad SMARTS) is 1. The number of alkyl halides is 3. The van der Waals surface area contributed by atoms with Gasteiger partial charge in [0.05, 0.1) is 35.3 Å². The van der Waals surface area contributed by atoms with E-state index in [9.17, 15) is 32.9 Å². The van der Waals surface area contributed by atoms with Crippen molar-refractivity contribution in [3.63, 3.8) is 0 Å². The normalized spacial score (nSPS) is 15.2. The molecule has 4 aromatic rings. The molecule has 0 saturated carbocycles. The van der Waals surface area contributed by atoms with E-state index in [2.05, 4.69) is 16.7 Å². The Morgan fingerprint density at radius 2 is 1.77 bits per heavy atom. The molecule has 3 atom stereocenters. The zero-order chi connectivity index (χ0) is 52.3. The van der Waals surface area contributed by atoms with E-state index in [1.807, 2.05) is 63.2 Å². The second-order valence-electron chi connectivity index (χ2n) is 15.5. The Balaban J connectivity index is 0.000000257. The van der Waals surface area contributed by atoms with Gasteiger partial charge in [-0.15, -0.1) is 23.4 Å². The van der Waals surface area contributed by atoms with Crippen molar-refractivity contribution in [2.75, 3.05) is 61.3 Å². The number of aromatic nitrogens is 2. The molecule has 386 valence electrons. The van der Waals surface area contributed by atoms with Crippen LogP contribution in [-0.4, -0.2) is 112 Å². The number of amides is 2. The van der Waals surface area contributed by atoms with Crippen molar-refractivity contribution in [1.82, 2.24) is 9.36 Å². The molecule has 4 N–H and O–H groups in total. The predicted octanol–water partition coefficient (Wildman–Crippen LogP) is 8.21. The number of hydrogen-bond acceptors (Lipinski definition) is 13. The van der Waals surface area contributed by atoms with E-state index in [0.29, 0.717) is 41.7 Å². The van der Waals surface area contributed by atoms with E-state index >= 15 is 0 Å². The van der Waals surface area contributed by atoms with Gasteiger partial charge < -0.3 is 34.8 Å². The zero-order valence-electron chi connectivity index (χ0n) is 39.4. The van der Waals surface area contributed by atoms with Gasteiger partial charge in [0, 0.05) is 37.4 Å². The molecule has 6 rings (SSSR count). The molecule has 3 aromatic carbocycles. The molecule has 70 heavy (non-hydrogen) atoms. The molecule has 0 radical (unpaired) electrons. The Kier molecular flexibility index (Phi) is 25.5. The van der Waals surface area contributed by atoms with Crippen molar-refractivity contribution in [3.8, 4) is 5.75 Å². The smallest absolute Gasteiger partial charge is 0.325 e. The molecule has 17 nitrogen and oxygen atoms in total. The molecule has 0 spiro atoms. The molecule has 2 amide bonds. The number of rotatable bonds is 15. The number of hydrogen-bond donors (Lipinski definition) is 3. The third kappa shape index (κ3) is 18.3. The molecule has 1 aromatic heterocycles. The first-order valence-corrected chi connectivity index (χ1v) is 27.6. The second-order valence-corrected chi connectivity index (χ2v) is 21.7. The lowest BCUT2D eigenvalue weighted by molar-refractivity contribution is -0.139. The van der Waals surface area contributed by atoms with Crippen LogP contribution in [0.25, 0.3) is 0 Å². The average molecular weight is 1110 g/mol. The van der Waals surface area contributed by atoms with Crippen molar-refractivity contribution >= 4 is 118 Å². The van der Waals surface area contributed by atoms with Crippen LogP contribution in [0.1, 0.15) is 51.2 Å². The number of thioether (sulfide) groups is 1. The number of carbonyl (C=O) groups excluding carboxylic acids is 3. The van der Waals surface area contributed by atoms with Gasteiger partial charge in [-0.1, -0.05) is 72.1 Å². The Labute approximate surface area is 434 Å². The third-order valence-corrected chi connectivity index (χ3v) is 14.1. The van der Waals surface area contributed by atoms with Crippen molar-refractivity contribution in [1.29, 1.82) is 0 Å². The van der Waals surface area contributed by atoms with Crippen LogP contribution >= 0.6 is 76.9 Å². The van der Waals surface area contributed by atoms with Crippen LogP contribution in [-0.2, 0) is 52.7 Å². The van der Waals surface area contributed by atoms with E-state index in [1.54, 1.807) is 19.2 Å². The fourth-order valence-electron chi connectivity index (χ4n) is 6.58. The van der Waals surface area contributed by atoms with Gasteiger partial charge in [0.2, 0.25) is 10.7 Å². The number of anilines is 2. The summed E-state index contributed by atoms with van der Waals surface area (Å²) in [5, 5.41) is 8.48. The lowest BCUT2D eigenvalue weighted by Gasteiger charge is -2.35. The number of halogens is 5. The number of carboxylic acids is 1. The molecule has 2 aliphatic rings. The predicted molar refractivity (Wildman–Crippen MR) is 276 cm³/mol. The van der Waals surface area contributed by atoms with Crippen LogP contribution in [0.5, 0.6) is 5.75 Å². The number of ether oxygens (including phenoxy) is 3. The summed E-state index contributed by atoms with van der Waals surface area (Å²) in [4.78, 5) is 73.4. The molecule has 3 heterocycles. The standard InChI is InChI=1S/C15H15ClFN3O3S2.C14H20ClNO2.C11H11Cl2NO2.C5H12NO4P/c1-23-13(21)8-24-12-7-11(10(17)6-9(12)16)18-14-19-4-2-3-5-20(19)15(22)25-14;1-4-12-8-6-7-11(3)14(12)16(10-18-5-2)13(17)9-15;1-7-6-16-9-5-3-2-4-8(9)14(7)11(15)10(12)13;1-11(9,10)3-2-4(6)5(7)8/h6-7H,2-5,8H2,1H3;6-8H,4-5,9-10H2,1-3H3;2-5,7,10H,6H2,1H3;4H,2-3,6H2,1H3,(H,7,8)(H,9,10)/b18-14-;;;. The van der Waals surface area contributed by atoms with Crippen LogP contribution in [0.15, 0.2) is 69.3 Å². The molecule has 0 saturated heterocycles. The van der Waals surface area contributed by atoms with Gasteiger partial charge in [0.15, 0.2) is 12.2 Å². The van der Waals surface area contributed by atoms with E-state index in [1.165, 1.54) is 19.8 Å². The van der Waals surface area contributed by atoms with E-state index in [4.69, 9.17) is 71.6 Å². The summed E-state index contributed by atoms with van der Waals surface area (Å²) in [5.74, 6) is -1.86. The maximum Gasteiger partial charge on any atom is 0.325 e. The number of fused-ring (bicyclic) bond motifs is 2. The topological polar surface area (TPSA) is 225 Å². The number of carbonyl (C=O) groups is 4. The summed E-state index contributed by atoms with van der Waals surface area (Å²) in [6.07, 6.45) is 2.77. The minimum atomic E-state index is -3.10. The molecule has 3 unspecified atom stereocenters. The van der Waals surface area contributed by atoms with Crippen molar-refractivity contribution in [3.05, 3.63) is 91.0 Å². The van der Waals surface area contributed by atoms with Crippen LogP contribution in [0, 0.1) is 12.7 Å². The van der Waals surface area contributed by atoms with Crippen LogP contribution in [0.4, 0.5) is 21.5 Å². The monoisotopic (exact) mass is 1110 g/mol. The summed E-state index contributed by atoms with van der Waals surface area (Å²) in [7, 11) is -1.81. The molecule has 0 aliphatic carbocycles. The van der Waals surface area contributed by atoms with E-state index < -0.39 is 36.0 Å². The Bertz CT molecular complexity index is 2600. The number of benzene rings is 3. The van der Waals surface area contributed by atoms with Gasteiger partial charge in [-0.3, -0.25) is 38.1 Å². The number of nitrogens with two attached hydrogens (primary N) is 1. The fraction of sp³-hybridized carbons (Fsp3) is 0.467. The highest BCUT2D eigenvalue weighted by atomic mass is 35.5.